The van der Waals surface area contributed by atoms with Crippen LogP contribution in [0.1, 0.15) is 28.9 Å². The molecular formula is C21H24N6O2. The van der Waals surface area contributed by atoms with Crippen LogP contribution in [0.4, 0.5) is 0 Å². The number of aryl methyl sites for hydroxylation is 1. The number of carbonyl (C=O) groups is 2. The lowest BCUT2D eigenvalue weighted by atomic mass is 9.99. The van der Waals surface area contributed by atoms with Crippen molar-refractivity contribution in [2.75, 3.05) is 27.2 Å². The van der Waals surface area contributed by atoms with Gasteiger partial charge < -0.3 is 14.8 Å². The molecule has 0 atom stereocenters. The summed E-state index contributed by atoms with van der Waals surface area (Å²) in [6.07, 6.45) is 6.81. The van der Waals surface area contributed by atoms with E-state index in [1.807, 2.05) is 23.1 Å². The van der Waals surface area contributed by atoms with Gasteiger partial charge in [0.1, 0.15) is 5.69 Å². The molecule has 1 aliphatic heterocycles. The van der Waals surface area contributed by atoms with Gasteiger partial charge >= 0.3 is 0 Å². The van der Waals surface area contributed by atoms with Gasteiger partial charge in [0, 0.05) is 50.7 Å². The van der Waals surface area contributed by atoms with Crippen molar-refractivity contribution < 1.29 is 9.59 Å². The number of carbonyl (C=O) groups excluding carboxylic acids is 2. The monoisotopic (exact) mass is 392 g/mol. The van der Waals surface area contributed by atoms with Gasteiger partial charge in [-0.3, -0.25) is 14.3 Å². The highest BCUT2D eigenvalue weighted by Gasteiger charge is 2.20. The molecule has 1 aromatic carbocycles. The third-order valence-corrected chi connectivity index (χ3v) is 5.16. The van der Waals surface area contributed by atoms with Crippen molar-refractivity contribution in [3.05, 3.63) is 54.0 Å². The van der Waals surface area contributed by atoms with Gasteiger partial charge in [0.2, 0.25) is 5.91 Å². The summed E-state index contributed by atoms with van der Waals surface area (Å²) in [6, 6.07) is 7.99. The average Bonchev–Trinajstić information content (AvgIpc) is 3.40. The molecule has 0 aliphatic carbocycles. The summed E-state index contributed by atoms with van der Waals surface area (Å²) in [5.74, 6) is 0.0662. The number of hydrogen-bond donors (Lipinski definition) is 1. The Hall–Kier alpha value is -3.42. The smallest absolute Gasteiger partial charge is 0.269 e. The van der Waals surface area contributed by atoms with Crippen LogP contribution >= 0.6 is 0 Å². The lowest BCUT2D eigenvalue weighted by Crippen LogP contribution is -2.35. The minimum atomic E-state index is -0.0521. The Bertz CT molecular complexity index is 1060. The summed E-state index contributed by atoms with van der Waals surface area (Å²) in [7, 11) is 3.47. The van der Waals surface area contributed by atoms with E-state index in [1.54, 1.807) is 36.1 Å². The summed E-state index contributed by atoms with van der Waals surface area (Å²) in [6.45, 7) is 1.86. The molecule has 0 fully saturated rings. The van der Waals surface area contributed by atoms with Crippen molar-refractivity contribution >= 4 is 28.3 Å². The maximum Gasteiger partial charge on any atom is 0.269 e. The molecule has 0 saturated carbocycles. The summed E-state index contributed by atoms with van der Waals surface area (Å²) < 4.78 is 1.67. The first-order valence-electron chi connectivity index (χ1n) is 9.67. The van der Waals surface area contributed by atoms with Crippen LogP contribution in [-0.2, 0) is 11.3 Å². The Balaban J connectivity index is 1.47. The van der Waals surface area contributed by atoms with Crippen molar-refractivity contribution in [2.24, 2.45) is 0 Å². The van der Waals surface area contributed by atoms with Crippen LogP contribution in [0, 0.1) is 0 Å². The Labute approximate surface area is 168 Å². The molecule has 1 N–H and O–H groups in total. The molecule has 3 aromatic rings. The fraction of sp³-hybridized carbons (Fsp3) is 0.333. The second-order valence-corrected chi connectivity index (χ2v) is 7.43. The number of H-pyrrole nitrogens is 1. The van der Waals surface area contributed by atoms with Gasteiger partial charge in [-0.15, -0.1) is 5.10 Å². The first kappa shape index (κ1) is 18.9. The van der Waals surface area contributed by atoms with Crippen molar-refractivity contribution in [3.8, 4) is 0 Å². The van der Waals surface area contributed by atoms with E-state index in [4.69, 9.17) is 0 Å². The van der Waals surface area contributed by atoms with Crippen LogP contribution < -0.4 is 0 Å². The molecular weight excluding hydrogens is 368 g/mol. The summed E-state index contributed by atoms with van der Waals surface area (Å²) in [5.41, 5.74) is 3.71. The van der Waals surface area contributed by atoms with Crippen LogP contribution in [0.25, 0.3) is 16.5 Å². The number of nitrogens with one attached hydrogen (secondary N) is 1. The highest BCUT2D eigenvalue weighted by molar-refractivity contribution is 5.98. The molecule has 1 aliphatic rings. The number of aromatic nitrogens is 4. The van der Waals surface area contributed by atoms with Crippen molar-refractivity contribution in [1.82, 2.24) is 29.8 Å². The third-order valence-electron chi connectivity index (χ3n) is 5.16. The standard InChI is InChI=1S/C21H24N6O2/c1-25(2)21(29)19-13-17-12-15(5-6-18(17)23-19)16-4-3-9-26(14-16)20(28)7-10-27-11-8-22-24-27/h4-6,8,11-13,23H,3,7,9-10,14H2,1-2H3. The fourth-order valence-electron chi connectivity index (χ4n) is 3.57. The van der Waals surface area contributed by atoms with Gasteiger partial charge in [-0.05, 0) is 35.8 Å². The van der Waals surface area contributed by atoms with Gasteiger partial charge in [-0.1, -0.05) is 17.4 Å². The third kappa shape index (κ3) is 4.06. The Morgan fingerprint density at radius 3 is 2.86 bits per heavy atom. The second-order valence-electron chi connectivity index (χ2n) is 7.43. The number of amides is 2. The second kappa shape index (κ2) is 7.90. The fourth-order valence-corrected chi connectivity index (χ4v) is 3.57. The molecule has 29 heavy (non-hydrogen) atoms. The van der Waals surface area contributed by atoms with E-state index in [1.165, 1.54) is 0 Å². The molecule has 3 heterocycles. The molecule has 2 aromatic heterocycles. The van der Waals surface area contributed by atoms with E-state index in [9.17, 15) is 9.59 Å². The van der Waals surface area contributed by atoms with Crippen molar-refractivity contribution in [2.45, 2.75) is 19.4 Å². The summed E-state index contributed by atoms with van der Waals surface area (Å²) >= 11 is 0. The molecule has 0 unspecified atom stereocenters. The van der Waals surface area contributed by atoms with Crippen LogP contribution in [0.3, 0.4) is 0 Å². The minimum Gasteiger partial charge on any atom is -0.351 e. The van der Waals surface area contributed by atoms with Gasteiger partial charge in [-0.25, -0.2) is 0 Å². The lowest BCUT2D eigenvalue weighted by Gasteiger charge is -2.28. The minimum absolute atomic E-state index is 0.0521. The molecule has 8 heteroatoms. The Kier molecular flexibility index (Phi) is 5.16. The molecule has 0 spiro atoms. The highest BCUT2D eigenvalue weighted by Crippen LogP contribution is 2.26. The van der Waals surface area contributed by atoms with E-state index >= 15 is 0 Å². The molecule has 150 valence electrons. The number of aromatic amines is 1. The predicted octanol–water partition coefficient (Wildman–Crippen LogP) is 2.17. The Morgan fingerprint density at radius 2 is 2.10 bits per heavy atom. The number of benzene rings is 1. The Morgan fingerprint density at radius 1 is 1.24 bits per heavy atom. The van der Waals surface area contributed by atoms with Crippen LogP contribution in [0.5, 0.6) is 0 Å². The highest BCUT2D eigenvalue weighted by atomic mass is 16.2. The number of nitrogens with zero attached hydrogens (tertiary/aromatic N) is 5. The van der Waals surface area contributed by atoms with Gasteiger partial charge in [0.15, 0.2) is 0 Å². The van der Waals surface area contributed by atoms with E-state index in [0.717, 1.165) is 35.0 Å². The number of hydrogen-bond acceptors (Lipinski definition) is 4. The van der Waals surface area contributed by atoms with Crippen LogP contribution in [-0.4, -0.2) is 68.8 Å². The van der Waals surface area contributed by atoms with Crippen molar-refractivity contribution in [3.63, 3.8) is 0 Å². The number of rotatable bonds is 5. The SMILES string of the molecule is CN(C)C(=O)c1cc2cc(C3=CCCN(C(=O)CCn4ccnn4)C3)ccc2[nH]1. The first-order valence-corrected chi connectivity index (χ1v) is 9.67. The zero-order valence-electron chi connectivity index (χ0n) is 16.6. The molecule has 0 bridgehead atoms. The van der Waals surface area contributed by atoms with E-state index < -0.39 is 0 Å². The molecule has 8 nitrogen and oxygen atoms in total. The topological polar surface area (TPSA) is 87.1 Å². The zero-order valence-corrected chi connectivity index (χ0v) is 16.6. The molecule has 0 radical (unpaired) electrons. The van der Waals surface area contributed by atoms with Crippen LogP contribution in [0.15, 0.2) is 42.7 Å². The predicted molar refractivity (Wildman–Crippen MR) is 110 cm³/mol. The largest absolute Gasteiger partial charge is 0.351 e. The van der Waals surface area contributed by atoms with Crippen molar-refractivity contribution in [1.29, 1.82) is 0 Å². The summed E-state index contributed by atoms with van der Waals surface area (Å²) in [5, 5.41) is 8.66. The van der Waals surface area contributed by atoms with E-state index in [0.29, 0.717) is 25.2 Å². The quantitative estimate of drug-likeness (QED) is 0.721. The molecule has 4 rings (SSSR count). The first-order chi connectivity index (χ1) is 14.0. The average molecular weight is 392 g/mol. The maximum absolute atomic E-state index is 12.6. The zero-order chi connectivity index (χ0) is 20.4. The van der Waals surface area contributed by atoms with Crippen LogP contribution in [0.2, 0.25) is 0 Å². The normalized spacial score (nSPS) is 14.1. The maximum atomic E-state index is 12.6. The van der Waals surface area contributed by atoms with Gasteiger partial charge in [0.25, 0.3) is 5.91 Å². The van der Waals surface area contributed by atoms with Gasteiger partial charge in [0.05, 0.1) is 12.7 Å². The number of fused-ring (bicyclic) bond motifs is 1. The molecule has 2 amide bonds. The molecule has 0 saturated heterocycles. The summed E-state index contributed by atoms with van der Waals surface area (Å²) in [4.78, 5) is 31.4. The lowest BCUT2D eigenvalue weighted by molar-refractivity contribution is -0.131. The van der Waals surface area contributed by atoms with E-state index in [2.05, 4.69) is 27.4 Å². The van der Waals surface area contributed by atoms with E-state index in [-0.39, 0.29) is 11.8 Å². The van der Waals surface area contributed by atoms with Gasteiger partial charge in [-0.2, -0.15) is 0 Å².